The van der Waals surface area contributed by atoms with Gasteiger partial charge in [-0.25, -0.2) is 4.98 Å². The molecule has 0 radical (unpaired) electrons. The van der Waals surface area contributed by atoms with Crippen LogP contribution in [0.4, 0.5) is 0 Å². The number of nitrogens with one attached hydrogen (secondary N) is 1. The summed E-state index contributed by atoms with van der Waals surface area (Å²) in [5.74, 6) is 1.39. The number of halogens is 2. The normalized spacial score (nSPS) is 11.4. The second-order valence-corrected chi connectivity index (χ2v) is 6.44. The third-order valence-corrected chi connectivity index (χ3v) is 4.18. The van der Waals surface area contributed by atoms with Gasteiger partial charge in [0.2, 0.25) is 0 Å². The molecule has 0 saturated carbocycles. The molecule has 0 aliphatic carbocycles. The Bertz CT molecular complexity index is 760. The molecule has 0 bridgehead atoms. The lowest BCUT2D eigenvalue weighted by atomic mass is 10.0. The number of H-pyrrole nitrogens is 1. The van der Waals surface area contributed by atoms with Crippen molar-refractivity contribution >= 4 is 38.6 Å². The molecule has 4 heteroatoms. The summed E-state index contributed by atoms with van der Waals surface area (Å²) in [6.07, 6.45) is 0. The average Bonchev–Trinajstić information content (AvgIpc) is 2.83. The first-order valence-corrected chi connectivity index (χ1v) is 7.67. The summed E-state index contributed by atoms with van der Waals surface area (Å²) in [7, 11) is 0. The first-order chi connectivity index (χ1) is 9.54. The highest BCUT2D eigenvalue weighted by atomic mass is 79.9. The van der Waals surface area contributed by atoms with Crippen LogP contribution in [-0.4, -0.2) is 9.97 Å². The number of fused-ring (bicyclic) bond motifs is 1. The summed E-state index contributed by atoms with van der Waals surface area (Å²) in [6.45, 7) is 4.38. The second kappa shape index (κ2) is 5.23. The Morgan fingerprint density at radius 1 is 1.15 bits per heavy atom. The number of aromatic nitrogens is 2. The van der Waals surface area contributed by atoms with E-state index in [1.165, 1.54) is 5.56 Å². The van der Waals surface area contributed by atoms with Gasteiger partial charge in [-0.3, -0.25) is 0 Å². The summed E-state index contributed by atoms with van der Waals surface area (Å²) in [5.41, 5.74) is 4.24. The van der Waals surface area contributed by atoms with Crippen LogP contribution in [0.25, 0.3) is 22.4 Å². The fourth-order valence-corrected chi connectivity index (χ4v) is 3.10. The van der Waals surface area contributed by atoms with E-state index in [0.717, 1.165) is 26.9 Å². The van der Waals surface area contributed by atoms with Gasteiger partial charge in [0.25, 0.3) is 0 Å². The topological polar surface area (TPSA) is 28.7 Å². The molecule has 1 heterocycles. The first-order valence-electron chi connectivity index (χ1n) is 6.49. The van der Waals surface area contributed by atoms with E-state index in [4.69, 9.17) is 11.6 Å². The first kappa shape index (κ1) is 13.7. The van der Waals surface area contributed by atoms with E-state index in [2.05, 4.69) is 64.0 Å². The van der Waals surface area contributed by atoms with E-state index in [-0.39, 0.29) is 0 Å². The predicted octanol–water partition coefficient (Wildman–Crippen LogP) is 5.77. The van der Waals surface area contributed by atoms with Gasteiger partial charge in [-0.1, -0.05) is 49.7 Å². The molecule has 2 aromatic carbocycles. The van der Waals surface area contributed by atoms with Crippen LogP contribution in [-0.2, 0) is 0 Å². The maximum absolute atomic E-state index is 6.06. The van der Waals surface area contributed by atoms with Gasteiger partial charge in [0.1, 0.15) is 11.3 Å². The molecule has 2 nitrogen and oxygen atoms in total. The number of aromatic amines is 1. The fourth-order valence-electron chi connectivity index (χ4n) is 2.20. The summed E-state index contributed by atoms with van der Waals surface area (Å²) >= 11 is 9.55. The zero-order valence-electron chi connectivity index (χ0n) is 11.2. The molecule has 1 N–H and O–H groups in total. The van der Waals surface area contributed by atoms with Crippen molar-refractivity contribution in [2.75, 3.05) is 0 Å². The monoisotopic (exact) mass is 348 g/mol. The molecule has 102 valence electrons. The minimum atomic E-state index is 0.535. The Balaban J connectivity index is 2.08. The van der Waals surface area contributed by atoms with Gasteiger partial charge in [0, 0.05) is 15.1 Å². The molecular formula is C16H14BrClN2. The van der Waals surface area contributed by atoms with Crippen molar-refractivity contribution < 1.29 is 0 Å². The number of benzene rings is 2. The maximum atomic E-state index is 6.06. The van der Waals surface area contributed by atoms with Gasteiger partial charge >= 0.3 is 0 Å². The number of hydrogen-bond acceptors (Lipinski definition) is 1. The molecule has 0 saturated heterocycles. The molecule has 3 rings (SSSR count). The number of nitrogens with zero attached hydrogens (tertiary/aromatic N) is 1. The standard InChI is InChI=1S/C16H14BrClN2/c1-9(2)10-3-5-11(6-4-10)16-19-14-8-12(18)7-13(17)15(14)20-16/h3-9H,1-2H3,(H,19,20). The minimum absolute atomic E-state index is 0.535. The Labute approximate surface area is 131 Å². The SMILES string of the molecule is CC(C)c1ccc(-c2nc3c(Br)cc(Cl)cc3[nH]2)cc1. The molecule has 0 atom stereocenters. The molecule has 20 heavy (non-hydrogen) atoms. The third-order valence-electron chi connectivity index (χ3n) is 3.36. The van der Waals surface area contributed by atoms with Crippen molar-refractivity contribution in [2.24, 2.45) is 0 Å². The lowest BCUT2D eigenvalue weighted by Crippen LogP contribution is -1.87. The van der Waals surface area contributed by atoms with Crippen molar-refractivity contribution in [3.05, 3.63) is 51.5 Å². The Kier molecular flexibility index (Phi) is 3.57. The lowest BCUT2D eigenvalue weighted by molar-refractivity contribution is 0.867. The zero-order valence-corrected chi connectivity index (χ0v) is 13.6. The number of imidazole rings is 1. The molecule has 1 aromatic heterocycles. The summed E-state index contributed by atoms with van der Waals surface area (Å²) in [6, 6.07) is 12.2. The van der Waals surface area contributed by atoms with E-state index in [1.54, 1.807) is 0 Å². The molecule has 0 amide bonds. The van der Waals surface area contributed by atoms with Gasteiger partial charge < -0.3 is 4.98 Å². The van der Waals surface area contributed by atoms with Gasteiger partial charge in [-0.15, -0.1) is 0 Å². The third kappa shape index (κ3) is 2.48. The molecule has 3 aromatic rings. The largest absolute Gasteiger partial charge is 0.338 e. The van der Waals surface area contributed by atoms with E-state index in [0.29, 0.717) is 10.9 Å². The average molecular weight is 350 g/mol. The fraction of sp³-hybridized carbons (Fsp3) is 0.188. The van der Waals surface area contributed by atoms with E-state index in [9.17, 15) is 0 Å². The van der Waals surface area contributed by atoms with Gasteiger partial charge in [-0.2, -0.15) is 0 Å². The smallest absolute Gasteiger partial charge is 0.138 e. The van der Waals surface area contributed by atoms with E-state index < -0.39 is 0 Å². The zero-order chi connectivity index (χ0) is 14.3. The molecule has 0 unspecified atom stereocenters. The van der Waals surface area contributed by atoms with Crippen LogP contribution >= 0.6 is 27.5 Å². The predicted molar refractivity (Wildman–Crippen MR) is 88.3 cm³/mol. The lowest BCUT2D eigenvalue weighted by Gasteiger charge is -2.05. The van der Waals surface area contributed by atoms with Crippen molar-refractivity contribution in [1.29, 1.82) is 0 Å². The minimum Gasteiger partial charge on any atom is -0.338 e. The van der Waals surface area contributed by atoms with Crippen molar-refractivity contribution in [1.82, 2.24) is 9.97 Å². The van der Waals surface area contributed by atoms with Crippen LogP contribution in [0, 0.1) is 0 Å². The van der Waals surface area contributed by atoms with E-state index >= 15 is 0 Å². The van der Waals surface area contributed by atoms with Gasteiger partial charge in [-0.05, 0) is 39.5 Å². The van der Waals surface area contributed by atoms with Crippen LogP contribution in [0.3, 0.4) is 0 Å². The molecule has 0 fully saturated rings. The van der Waals surface area contributed by atoms with Crippen LogP contribution in [0.1, 0.15) is 25.3 Å². The van der Waals surface area contributed by atoms with Gasteiger partial charge in [0.05, 0.1) is 5.52 Å². The number of hydrogen-bond donors (Lipinski definition) is 1. The second-order valence-electron chi connectivity index (χ2n) is 5.15. The highest BCUT2D eigenvalue weighted by Crippen LogP contribution is 2.29. The highest BCUT2D eigenvalue weighted by Gasteiger charge is 2.09. The molecule has 0 aliphatic heterocycles. The quantitative estimate of drug-likeness (QED) is 0.625. The van der Waals surface area contributed by atoms with Crippen LogP contribution in [0.2, 0.25) is 5.02 Å². The highest BCUT2D eigenvalue weighted by molar-refractivity contribution is 9.10. The number of rotatable bonds is 2. The van der Waals surface area contributed by atoms with Crippen molar-refractivity contribution in [3.63, 3.8) is 0 Å². The van der Waals surface area contributed by atoms with Crippen LogP contribution in [0.5, 0.6) is 0 Å². The van der Waals surface area contributed by atoms with Gasteiger partial charge in [0.15, 0.2) is 0 Å². The van der Waals surface area contributed by atoms with Crippen molar-refractivity contribution in [2.45, 2.75) is 19.8 Å². The van der Waals surface area contributed by atoms with Crippen molar-refractivity contribution in [3.8, 4) is 11.4 Å². The Hall–Kier alpha value is -1.32. The molecule has 0 aliphatic rings. The molecule has 0 spiro atoms. The summed E-state index contributed by atoms with van der Waals surface area (Å²) < 4.78 is 0.904. The summed E-state index contributed by atoms with van der Waals surface area (Å²) in [5, 5.41) is 0.690. The Morgan fingerprint density at radius 2 is 1.85 bits per heavy atom. The van der Waals surface area contributed by atoms with Crippen LogP contribution in [0.15, 0.2) is 40.9 Å². The molecular weight excluding hydrogens is 336 g/mol. The Morgan fingerprint density at radius 3 is 2.50 bits per heavy atom. The van der Waals surface area contributed by atoms with E-state index in [1.807, 2.05) is 12.1 Å². The maximum Gasteiger partial charge on any atom is 0.138 e. The summed E-state index contributed by atoms with van der Waals surface area (Å²) in [4.78, 5) is 7.95. The van der Waals surface area contributed by atoms with Crippen LogP contribution < -0.4 is 0 Å².